The standard InChI is InChI=1S/C7H7F2N/c1-5-2-3-6(4-10-5)7(8)9/h2-4,7H,1H3. The third-order valence-electron chi connectivity index (χ3n) is 1.19. The fraction of sp³-hybridized carbons (Fsp3) is 0.286. The Morgan fingerprint density at radius 1 is 1.40 bits per heavy atom. The zero-order chi connectivity index (χ0) is 7.56. The van der Waals surface area contributed by atoms with Gasteiger partial charge in [0.15, 0.2) is 0 Å². The van der Waals surface area contributed by atoms with E-state index in [1.165, 1.54) is 12.3 Å². The summed E-state index contributed by atoms with van der Waals surface area (Å²) in [5.74, 6) is 0. The van der Waals surface area contributed by atoms with Crippen molar-refractivity contribution in [3.05, 3.63) is 29.6 Å². The highest BCUT2D eigenvalue weighted by Gasteiger charge is 2.04. The van der Waals surface area contributed by atoms with Crippen LogP contribution in [0.25, 0.3) is 0 Å². The van der Waals surface area contributed by atoms with E-state index in [9.17, 15) is 8.78 Å². The number of hydrogen-bond acceptors (Lipinski definition) is 1. The molecule has 1 nitrogen and oxygen atoms in total. The van der Waals surface area contributed by atoms with Gasteiger partial charge in [0.25, 0.3) is 6.43 Å². The van der Waals surface area contributed by atoms with Crippen LogP contribution in [0.1, 0.15) is 17.7 Å². The fourth-order valence-corrected chi connectivity index (χ4v) is 0.608. The Bertz CT molecular complexity index is 205. The SMILES string of the molecule is Cc1ccc(C(F)F)cn1. The van der Waals surface area contributed by atoms with E-state index in [2.05, 4.69) is 4.98 Å². The Kier molecular flexibility index (Phi) is 1.94. The van der Waals surface area contributed by atoms with Gasteiger partial charge >= 0.3 is 0 Å². The molecule has 1 aromatic heterocycles. The van der Waals surface area contributed by atoms with Crippen molar-refractivity contribution in [1.82, 2.24) is 4.98 Å². The van der Waals surface area contributed by atoms with Crippen LogP contribution < -0.4 is 0 Å². The van der Waals surface area contributed by atoms with Gasteiger partial charge in [-0.15, -0.1) is 0 Å². The number of pyridine rings is 1. The van der Waals surface area contributed by atoms with Crippen molar-refractivity contribution in [3.63, 3.8) is 0 Å². The number of hydrogen-bond donors (Lipinski definition) is 0. The van der Waals surface area contributed by atoms with Crippen molar-refractivity contribution in [2.24, 2.45) is 0 Å². The maximum absolute atomic E-state index is 11.9. The Morgan fingerprint density at radius 3 is 2.50 bits per heavy atom. The van der Waals surface area contributed by atoms with Crippen LogP contribution in [-0.4, -0.2) is 4.98 Å². The van der Waals surface area contributed by atoms with Gasteiger partial charge in [-0.2, -0.15) is 0 Å². The number of rotatable bonds is 1. The topological polar surface area (TPSA) is 12.9 Å². The molecule has 0 amide bonds. The quantitative estimate of drug-likeness (QED) is 0.587. The van der Waals surface area contributed by atoms with Gasteiger partial charge in [0.2, 0.25) is 0 Å². The average Bonchev–Trinajstić information content (AvgIpc) is 1.88. The molecule has 1 rings (SSSR count). The van der Waals surface area contributed by atoms with Crippen molar-refractivity contribution in [2.75, 3.05) is 0 Å². The highest BCUT2D eigenvalue weighted by molar-refractivity contribution is 5.13. The van der Waals surface area contributed by atoms with Crippen molar-refractivity contribution in [1.29, 1.82) is 0 Å². The molecule has 0 N–H and O–H groups in total. The first-order valence-electron chi connectivity index (χ1n) is 2.91. The van der Waals surface area contributed by atoms with Gasteiger partial charge in [0, 0.05) is 17.5 Å². The van der Waals surface area contributed by atoms with Gasteiger partial charge in [-0.25, -0.2) is 8.78 Å². The summed E-state index contributed by atoms with van der Waals surface area (Å²) < 4.78 is 23.7. The van der Waals surface area contributed by atoms with Crippen LogP contribution in [0.5, 0.6) is 0 Å². The molecule has 0 aromatic carbocycles. The van der Waals surface area contributed by atoms with E-state index in [1.54, 1.807) is 13.0 Å². The molecule has 0 aliphatic heterocycles. The highest BCUT2D eigenvalue weighted by Crippen LogP contribution is 2.16. The third kappa shape index (κ3) is 1.50. The molecule has 0 aliphatic rings. The lowest BCUT2D eigenvalue weighted by molar-refractivity contribution is 0.151. The number of aryl methyl sites for hydroxylation is 1. The molecule has 0 bridgehead atoms. The number of nitrogens with zero attached hydrogens (tertiary/aromatic N) is 1. The molecule has 0 saturated heterocycles. The molecule has 0 atom stereocenters. The summed E-state index contributed by atoms with van der Waals surface area (Å²) in [6.07, 6.45) is -1.21. The summed E-state index contributed by atoms with van der Waals surface area (Å²) in [4.78, 5) is 3.72. The van der Waals surface area contributed by atoms with Crippen LogP contribution in [0.15, 0.2) is 18.3 Å². The van der Waals surface area contributed by atoms with Gasteiger partial charge in [-0.3, -0.25) is 4.98 Å². The second kappa shape index (κ2) is 2.73. The monoisotopic (exact) mass is 143 g/mol. The van der Waals surface area contributed by atoms with E-state index in [-0.39, 0.29) is 5.56 Å². The minimum absolute atomic E-state index is 0.0226. The largest absolute Gasteiger partial charge is 0.265 e. The summed E-state index contributed by atoms with van der Waals surface area (Å²) in [5.41, 5.74) is 0.731. The Balaban J connectivity index is 2.89. The molecule has 0 spiro atoms. The summed E-state index contributed by atoms with van der Waals surface area (Å²) in [6.45, 7) is 1.76. The minimum atomic E-state index is -2.41. The molecule has 0 unspecified atom stereocenters. The predicted molar refractivity (Wildman–Crippen MR) is 33.9 cm³/mol. The first kappa shape index (κ1) is 7.12. The van der Waals surface area contributed by atoms with E-state index in [0.717, 1.165) is 5.69 Å². The predicted octanol–water partition coefficient (Wildman–Crippen LogP) is 2.33. The van der Waals surface area contributed by atoms with Crippen molar-refractivity contribution in [3.8, 4) is 0 Å². The first-order chi connectivity index (χ1) is 4.70. The lowest BCUT2D eigenvalue weighted by Crippen LogP contribution is -1.86. The number of aromatic nitrogens is 1. The molecule has 0 aliphatic carbocycles. The van der Waals surface area contributed by atoms with Gasteiger partial charge in [0.1, 0.15) is 0 Å². The van der Waals surface area contributed by atoms with Gasteiger partial charge in [-0.1, -0.05) is 6.07 Å². The minimum Gasteiger partial charge on any atom is -0.261 e. The van der Waals surface area contributed by atoms with Crippen LogP contribution in [0.2, 0.25) is 0 Å². The first-order valence-corrected chi connectivity index (χ1v) is 2.91. The van der Waals surface area contributed by atoms with Crippen LogP contribution in [0, 0.1) is 6.92 Å². The smallest absolute Gasteiger partial charge is 0.261 e. The average molecular weight is 143 g/mol. The Hall–Kier alpha value is -0.990. The zero-order valence-corrected chi connectivity index (χ0v) is 5.51. The Morgan fingerprint density at radius 2 is 2.10 bits per heavy atom. The highest BCUT2D eigenvalue weighted by atomic mass is 19.3. The lowest BCUT2D eigenvalue weighted by atomic mass is 10.3. The molecule has 1 aromatic rings. The van der Waals surface area contributed by atoms with Crippen molar-refractivity contribution in [2.45, 2.75) is 13.3 Å². The number of halogens is 2. The summed E-state index contributed by atoms with van der Waals surface area (Å²) >= 11 is 0. The second-order valence-corrected chi connectivity index (χ2v) is 2.03. The fourth-order valence-electron chi connectivity index (χ4n) is 0.608. The van der Waals surface area contributed by atoms with Crippen molar-refractivity contribution >= 4 is 0 Å². The van der Waals surface area contributed by atoms with E-state index in [0.29, 0.717) is 0 Å². The van der Waals surface area contributed by atoms with E-state index in [1.807, 2.05) is 0 Å². The molecule has 0 radical (unpaired) electrons. The molecular weight excluding hydrogens is 136 g/mol. The molecule has 54 valence electrons. The molecule has 10 heavy (non-hydrogen) atoms. The maximum Gasteiger partial charge on any atom is 0.265 e. The van der Waals surface area contributed by atoms with E-state index in [4.69, 9.17) is 0 Å². The van der Waals surface area contributed by atoms with Crippen LogP contribution >= 0.6 is 0 Å². The maximum atomic E-state index is 11.9. The zero-order valence-electron chi connectivity index (χ0n) is 5.51. The summed E-state index contributed by atoms with van der Waals surface area (Å²) in [5, 5.41) is 0. The van der Waals surface area contributed by atoms with Gasteiger partial charge in [-0.05, 0) is 13.0 Å². The number of alkyl halides is 2. The normalized spacial score (nSPS) is 10.4. The Labute approximate surface area is 57.7 Å². The molecule has 0 saturated carbocycles. The van der Waals surface area contributed by atoms with E-state index >= 15 is 0 Å². The van der Waals surface area contributed by atoms with Crippen LogP contribution in [-0.2, 0) is 0 Å². The lowest BCUT2D eigenvalue weighted by Gasteiger charge is -1.96. The second-order valence-electron chi connectivity index (χ2n) is 2.03. The third-order valence-corrected chi connectivity index (χ3v) is 1.19. The molecule has 3 heteroatoms. The van der Waals surface area contributed by atoms with Crippen LogP contribution in [0.4, 0.5) is 8.78 Å². The van der Waals surface area contributed by atoms with Gasteiger partial charge < -0.3 is 0 Å². The molecular formula is C7H7F2N. The van der Waals surface area contributed by atoms with Gasteiger partial charge in [0.05, 0.1) is 0 Å². The van der Waals surface area contributed by atoms with Crippen molar-refractivity contribution < 1.29 is 8.78 Å². The molecule has 0 fully saturated rings. The van der Waals surface area contributed by atoms with Crippen LogP contribution in [0.3, 0.4) is 0 Å². The summed E-state index contributed by atoms with van der Waals surface area (Å²) in [7, 11) is 0. The van der Waals surface area contributed by atoms with E-state index < -0.39 is 6.43 Å². The molecule has 1 heterocycles. The summed E-state index contributed by atoms with van der Waals surface area (Å²) in [6, 6.07) is 2.95.